The molecule has 0 aliphatic carbocycles. The summed E-state index contributed by atoms with van der Waals surface area (Å²) in [6.07, 6.45) is 5.04. The Morgan fingerprint density at radius 1 is 1.25 bits per heavy atom. The van der Waals surface area contributed by atoms with Crippen molar-refractivity contribution >= 4 is 0 Å². The van der Waals surface area contributed by atoms with Gasteiger partial charge in [0.05, 0.1) is 0 Å². The van der Waals surface area contributed by atoms with E-state index in [0.717, 1.165) is 38.1 Å². The van der Waals surface area contributed by atoms with Gasteiger partial charge in [-0.3, -0.25) is 0 Å². The standard InChI is InChI=1S/C18H29NO/c1-3-19-14-17(12-16-8-10-20-11-9-16)13-18-7-5-4-6-15(18)2/h4-7,16-17,19H,3,8-14H2,1-2H3. The molecule has 1 aliphatic rings. The molecule has 1 unspecified atom stereocenters. The molecule has 1 aliphatic heterocycles. The number of hydrogen-bond donors (Lipinski definition) is 1. The first-order valence-corrected chi connectivity index (χ1v) is 8.12. The lowest BCUT2D eigenvalue weighted by atomic mass is 9.85. The molecular weight excluding hydrogens is 246 g/mol. The van der Waals surface area contributed by atoms with Crippen molar-refractivity contribution in [1.82, 2.24) is 5.32 Å². The van der Waals surface area contributed by atoms with Crippen molar-refractivity contribution in [2.45, 2.75) is 39.5 Å². The highest BCUT2D eigenvalue weighted by Crippen LogP contribution is 2.25. The van der Waals surface area contributed by atoms with Crippen LogP contribution in [0.15, 0.2) is 24.3 Å². The Bertz CT molecular complexity index is 385. The number of aryl methyl sites for hydroxylation is 1. The molecule has 0 radical (unpaired) electrons. The Kier molecular flexibility index (Phi) is 6.55. The molecule has 1 aromatic rings. The van der Waals surface area contributed by atoms with Crippen LogP contribution in [0.5, 0.6) is 0 Å². The second-order valence-electron chi connectivity index (χ2n) is 6.10. The van der Waals surface area contributed by atoms with Crippen LogP contribution < -0.4 is 5.32 Å². The highest BCUT2D eigenvalue weighted by Gasteiger charge is 2.19. The second-order valence-corrected chi connectivity index (χ2v) is 6.10. The molecule has 1 aromatic carbocycles. The van der Waals surface area contributed by atoms with E-state index in [9.17, 15) is 0 Å². The van der Waals surface area contributed by atoms with Gasteiger partial charge in [-0.1, -0.05) is 31.2 Å². The Morgan fingerprint density at radius 3 is 2.70 bits per heavy atom. The fourth-order valence-electron chi connectivity index (χ4n) is 3.19. The minimum atomic E-state index is 0.749. The predicted molar refractivity (Wildman–Crippen MR) is 85.1 cm³/mol. The lowest BCUT2D eigenvalue weighted by Crippen LogP contribution is -2.28. The van der Waals surface area contributed by atoms with E-state index in [1.807, 2.05) is 0 Å². The summed E-state index contributed by atoms with van der Waals surface area (Å²) in [6, 6.07) is 8.82. The summed E-state index contributed by atoms with van der Waals surface area (Å²) in [6.45, 7) is 8.56. The van der Waals surface area contributed by atoms with Gasteiger partial charge < -0.3 is 10.1 Å². The Morgan fingerprint density at radius 2 is 2.00 bits per heavy atom. The van der Waals surface area contributed by atoms with Gasteiger partial charge in [-0.15, -0.1) is 0 Å². The molecule has 0 bridgehead atoms. The molecule has 20 heavy (non-hydrogen) atoms. The quantitative estimate of drug-likeness (QED) is 0.821. The minimum Gasteiger partial charge on any atom is -0.381 e. The lowest BCUT2D eigenvalue weighted by molar-refractivity contribution is 0.0585. The largest absolute Gasteiger partial charge is 0.381 e. The zero-order chi connectivity index (χ0) is 14.2. The average Bonchev–Trinajstić information content (AvgIpc) is 2.48. The molecular formula is C18H29NO. The summed E-state index contributed by atoms with van der Waals surface area (Å²) in [5.74, 6) is 1.61. The van der Waals surface area contributed by atoms with Crippen LogP contribution in [-0.4, -0.2) is 26.3 Å². The topological polar surface area (TPSA) is 21.3 Å². The summed E-state index contributed by atoms with van der Waals surface area (Å²) in [7, 11) is 0. The lowest BCUT2D eigenvalue weighted by Gasteiger charge is -2.27. The van der Waals surface area contributed by atoms with Crippen molar-refractivity contribution < 1.29 is 4.74 Å². The fourth-order valence-corrected chi connectivity index (χ4v) is 3.19. The first kappa shape index (κ1) is 15.5. The smallest absolute Gasteiger partial charge is 0.0468 e. The molecule has 1 atom stereocenters. The Hall–Kier alpha value is -0.860. The number of benzene rings is 1. The molecule has 0 saturated carbocycles. The number of ether oxygens (including phenoxy) is 1. The molecule has 1 N–H and O–H groups in total. The van der Waals surface area contributed by atoms with E-state index in [1.165, 1.54) is 36.8 Å². The van der Waals surface area contributed by atoms with E-state index >= 15 is 0 Å². The molecule has 0 amide bonds. The van der Waals surface area contributed by atoms with Crippen molar-refractivity contribution in [1.29, 1.82) is 0 Å². The maximum Gasteiger partial charge on any atom is 0.0468 e. The van der Waals surface area contributed by atoms with Gasteiger partial charge in [0.2, 0.25) is 0 Å². The van der Waals surface area contributed by atoms with Gasteiger partial charge in [0.25, 0.3) is 0 Å². The third kappa shape index (κ3) is 4.92. The van der Waals surface area contributed by atoms with E-state index in [1.54, 1.807) is 0 Å². The number of rotatable bonds is 7. The van der Waals surface area contributed by atoms with Crippen molar-refractivity contribution in [3.8, 4) is 0 Å². The molecule has 112 valence electrons. The third-order valence-corrected chi connectivity index (χ3v) is 4.46. The van der Waals surface area contributed by atoms with Crippen LogP contribution in [0, 0.1) is 18.8 Å². The highest BCUT2D eigenvalue weighted by molar-refractivity contribution is 5.26. The molecule has 2 heteroatoms. The normalized spacial score (nSPS) is 18.1. The van der Waals surface area contributed by atoms with Crippen LogP contribution in [0.3, 0.4) is 0 Å². The molecule has 2 nitrogen and oxygen atoms in total. The zero-order valence-corrected chi connectivity index (χ0v) is 13.0. The van der Waals surface area contributed by atoms with Gasteiger partial charge in [0.1, 0.15) is 0 Å². The Labute approximate surface area is 123 Å². The van der Waals surface area contributed by atoms with Gasteiger partial charge >= 0.3 is 0 Å². The molecule has 0 aromatic heterocycles. The molecule has 1 heterocycles. The SMILES string of the molecule is CCNCC(Cc1ccccc1C)CC1CCOCC1. The zero-order valence-electron chi connectivity index (χ0n) is 13.0. The van der Waals surface area contributed by atoms with Crippen molar-refractivity contribution in [3.05, 3.63) is 35.4 Å². The van der Waals surface area contributed by atoms with Crippen LogP contribution >= 0.6 is 0 Å². The maximum atomic E-state index is 5.48. The number of hydrogen-bond acceptors (Lipinski definition) is 2. The first-order valence-electron chi connectivity index (χ1n) is 8.12. The van der Waals surface area contributed by atoms with Crippen LogP contribution in [0.4, 0.5) is 0 Å². The molecule has 2 rings (SSSR count). The summed E-state index contributed by atoms with van der Waals surface area (Å²) in [4.78, 5) is 0. The first-order chi connectivity index (χ1) is 9.79. The minimum absolute atomic E-state index is 0.749. The van der Waals surface area contributed by atoms with Gasteiger partial charge in [0.15, 0.2) is 0 Å². The summed E-state index contributed by atoms with van der Waals surface area (Å²) < 4.78 is 5.48. The number of nitrogens with one attached hydrogen (secondary N) is 1. The van der Waals surface area contributed by atoms with Crippen LogP contribution in [0.2, 0.25) is 0 Å². The van der Waals surface area contributed by atoms with Crippen molar-refractivity contribution in [3.63, 3.8) is 0 Å². The van der Waals surface area contributed by atoms with Gasteiger partial charge in [0, 0.05) is 13.2 Å². The van der Waals surface area contributed by atoms with E-state index in [0.29, 0.717) is 0 Å². The summed E-state index contributed by atoms with van der Waals surface area (Å²) in [5.41, 5.74) is 2.95. The fraction of sp³-hybridized carbons (Fsp3) is 0.667. The van der Waals surface area contributed by atoms with E-state index in [4.69, 9.17) is 4.74 Å². The summed E-state index contributed by atoms with van der Waals surface area (Å²) in [5, 5.41) is 3.55. The molecule has 0 spiro atoms. The van der Waals surface area contributed by atoms with Crippen molar-refractivity contribution in [2.75, 3.05) is 26.3 Å². The highest BCUT2D eigenvalue weighted by atomic mass is 16.5. The van der Waals surface area contributed by atoms with E-state index in [-0.39, 0.29) is 0 Å². The predicted octanol–water partition coefficient (Wildman–Crippen LogP) is 3.58. The Balaban J connectivity index is 1.93. The summed E-state index contributed by atoms with van der Waals surface area (Å²) >= 11 is 0. The van der Waals surface area contributed by atoms with Crippen LogP contribution in [-0.2, 0) is 11.2 Å². The van der Waals surface area contributed by atoms with Crippen molar-refractivity contribution in [2.24, 2.45) is 11.8 Å². The van der Waals surface area contributed by atoms with Gasteiger partial charge in [-0.2, -0.15) is 0 Å². The van der Waals surface area contributed by atoms with Crippen LogP contribution in [0.1, 0.15) is 37.3 Å². The average molecular weight is 275 g/mol. The van der Waals surface area contributed by atoms with E-state index in [2.05, 4.69) is 43.4 Å². The molecule has 1 fully saturated rings. The van der Waals surface area contributed by atoms with Gasteiger partial charge in [-0.05, 0) is 68.7 Å². The monoisotopic (exact) mass is 275 g/mol. The second kappa shape index (κ2) is 8.43. The third-order valence-electron chi connectivity index (χ3n) is 4.46. The molecule has 1 saturated heterocycles. The maximum absolute atomic E-state index is 5.48. The van der Waals surface area contributed by atoms with Gasteiger partial charge in [-0.25, -0.2) is 0 Å². The van der Waals surface area contributed by atoms with E-state index < -0.39 is 0 Å². The van der Waals surface area contributed by atoms with Crippen LogP contribution in [0.25, 0.3) is 0 Å².